The van der Waals surface area contributed by atoms with Gasteiger partial charge in [0.2, 0.25) is 0 Å². The normalized spacial score (nSPS) is 10.8. The van der Waals surface area contributed by atoms with Crippen molar-refractivity contribution < 1.29 is 4.39 Å². The maximum absolute atomic E-state index is 14.1. The first-order valence-electron chi connectivity index (χ1n) is 5.74. The van der Waals surface area contributed by atoms with Crippen LogP contribution in [0.5, 0.6) is 0 Å². The third kappa shape index (κ3) is 1.85. The van der Waals surface area contributed by atoms with E-state index < -0.39 is 5.82 Å². The van der Waals surface area contributed by atoms with Crippen LogP contribution in [-0.2, 0) is 0 Å². The van der Waals surface area contributed by atoms with Crippen LogP contribution < -0.4 is 5.73 Å². The van der Waals surface area contributed by atoms with Crippen molar-refractivity contribution in [1.29, 1.82) is 5.41 Å². The van der Waals surface area contributed by atoms with Crippen LogP contribution in [0.1, 0.15) is 5.56 Å². The van der Waals surface area contributed by atoms with Gasteiger partial charge in [-0.1, -0.05) is 18.2 Å². The molecule has 4 nitrogen and oxygen atoms in total. The van der Waals surface area contributed by atoms with Crippen LogP contribution in [0.4, 0.5) is 4.39 Å². The van der Waals surface area contributed by atoms with Crippen LogP contribution in [-0.4, -0.2) is 15.6 Å². The number of halogens is 1. The highest BCUT2D eigenvalue weighted by Crippen LogP contribution is 2.20. The van der Waals surface area contributed by atoms with E-state index in [2.05, 4.69) is 5.10 Å². The monoisotopic (exact) mass is 254 g/mol. The van der Waals surface area contributed by atoms with Gasteiger partial charge in [0.1, 0.15) is 17.3 Å². The number of benzene rings is 2. The van der Waals surface area contributed by atoms with Crippen molar-refractivity contribution in [3.63, 3.8) is 0 Å². The molecule has 3 N–H and O–H groups in total. The van der Waals surface area contributed by atoms with Gasteiger partial charge in [-0.05, 0) is 24.3 Å². The Bertz CT molecular complexity index is 776. The Balaban J connectivity index is 2.19. The number of nitrogens with two attached hydrogens (primary N) is 1. The summed E-state index contributed by atoms with van der Waals surface area (Å²) in [6.45, 7) is 0. The zero-order valence-corrected chi connectivity index (χ0v) is 9.97. The molecule has 0 aliphatic rings. The van der Waals surface area contributed by atoms with Crippen LogP contribution in [0, 0.1) is 11.2 Å². The molecular formula is C14H11FN4. The third-order valence-corrected chi connectivity index (χ3v) is 2.96. The first kappa shape index (κ1) is 11.4. The Morgan fingerprint density at radius 1 is 1.21 bits per heavy atom. The van der Waals surface area contributed by atoms with Crippen molar-refractivity contribution in [3.05, 3.63) is 60.0 Å². The molecule has 0 unspecified atom stereocenters. The Morgan fingerprint density at radius 2 is 2.00 bits per heavy atom. The van der Waals surface area contributed by atoms with E-state index in [0.29, 0.717) is 11.3 Å². The van der Waals surface area contributed by atoms with Crippen LogP contribution in [0.25, 0.3) is 16.6 Å². The van der Waals surface area contributed by atoms with Gasteiger partial charge < -0.3 is 5.73 Å². The van der Waals surface area contributed by atoms with E-state index in [0.717, 1.165) is 10.9 Å². The zero-order valence-electron chi connectivity index (χ0n) is 9.97. The molecule has 1 heterocycles. The fraction of sp³-hybridized carbons (Fsp3) is 0. The van der Waals surface area contributed by atoms with Crippen molar-refractivity contribution in [3.8, 4) is 5.69 Å². The Labute approximate surface area is 108 Å². The van der Waals surface area contributed by atoms with Gasteiger partial charge in [-0.15, -0.1) is 0 Å². The van der Waals surface area contributed by atoms with Gasteiger partial charge in [-0.25, -0.2) is 9.07 Å². The van der Waals surface area contributed by atoms with E-state index >= 15 is 0 Å². The quantitative estimate of drug-likeness (QED) is 0.545. The predicted molar refractivity (Wildman–Crippen MR) is 72.0 cm³/mol. The molecule has 0 bridgehead atoms. The lowest BCUT2D eigenvalue weighted by atomic mass is 10.2. The fourth-order valence-corrected chi connectivity index (χ4v) is 2.01. The Hall–Kier alpha value is -2.69. The van der Waals surface area contributed by atoms with Crippen molar-refractivity contribution in [2.45, 2.75) is 0 Å². The molecule has 19 heavy (non-hydrogen) atoms. The molecular weight excluding hydrogens is 243 g/mol. The van der Waals surface area contributed by atoms with Gasteiger partial charge in [-0.2, -0.15) is 5.10 Å². The van der Waals surface area contributed by atoms with E-state index in [9.17, 15) is 4.39 Å². The lowest BCUT2D eigenvalue weighted by Crippen LogP contribution is -2.12. The first-order valence-corrected chi connectivity index (χ1v) is 5.74. The Kier molecular flexibility index (Phi) is 2.52. The average molecular weight is 254 g/mol. The second kappa shape index (κ2) is 4.20. The largest absolute Gasteiger partial charge is 0.384 e. The molecule has 3 aromatic rings. The smallest absolute Gasteiger partial charge is 0.149 e. The van der Waals surface area contributed by atoms with E-state index in [-0.39, 0.29) is 5.84 Å². The number of rotatable bonds is 2. The summed E-state index contributed by atoms with van der Waals surface area (Å²) in [6.07, 6.45) is 1.69. The maximum Gasteiger partial charge on any atom is 0.149 e. The fourth-order valence-electron chi connectivity index (χ4n) is 2.01. The van der Waals surface area contributed by atoms with Gasteiger partial charge in [0.25, 0.3) is 0 Å². The Morgan fingerprint density at radius 3 is 2.74 bits per heavy atom. The molecule has 5 heteroatoms. The van der Waals surface area contributed by atoms with Gasteiger partial charge in [0.15, 0.2) is 0 Å². The third-order valence-electron chi connectivity index (χ3n) is 2.96. The number of para-hydroxylation sites is 1. The summed E-state index contributed by atoms with van der Waals surface area (Å²) in [5.41, 5.74) is 6.86. The summed E-state index contributed by atoms with van der Waals surface area (Å²) >= 11 is 0. The van der Waals surface area contributed by atoms with Crippen LogP contribution in [0.2, 0.25) is 0 Å². The summed E-state index contributed by atoms with van der Waals surface area (Å²) in [5.74, 6) is -0.614. The standard InChI is InChI=1S/C14H11FN4/c15-11-7-9(14(16)17)5-6-13(11)19-12-4-2-1-3-10(12)8-18-19/h1-8H,(H3,16,17). The zero-order chi connectivity index (χ0) is 13.4. The number of amidine groups is 1. The molecule has 0 amide bonds. The predicted octanol–water partition coefficient (Wildman–Crippen LogP) is 2.45. The summed E-state index contributed by atoms with van der Waals surface area (Å²) in [7, 11) is 0. The summed E-state index contributed by atoms with van der Waals surface area (Å²) in [5, 5.41) is 12.4. The second-order valence-electron chi connectivity index (χ2n) is 4.20. The minimum atomic E-state index is -0.457. The number of nitrogen functional groups attached to an aromatic ring is 1. The lowest BCUT2D eigenvalue weighted by molar-refractivity contribution is 0.613. The van der Waals surface area contributed by atoms with Gasteiger partial charge in [0, 0.05) is 10.9 Å². The number of hydrogen-bond acceptors (Lipinski definition) is 2. The highest BCUT2D eigenvalue weighted by atomic mass is 19.1. The van der Waals surface area contributed by atoms with Crippen molar-refractivity contribution >= 4 is 16.7 Å². The minimum absolute atomic E-state index is 0.157. The van der Waals surface area contributed by atoms with Crippen molar-refractivity contribution in [2.75, 3.05) is 0 Å². The first-order chi connectivity index (χ1) is 9.16. The van der Waals surface area contributed by atoms with Crippen LogP contribution >= 0.6 is 0 Å². The topological polar surface area (TPSA) is 67.7 Å². The summed E-state index contributed by atoms with van der Waals surface area (Å²) in [6, 6.07) is 12.0. The molecule has 0 saturated heterocycles. The van der Waals surface area contributed by atoms with Crippen LogP contribution in [0.15, 0.2) is 48.7 Å². The molecule has 0 saturated carbocycles. The molecule has 0 spiro atoms. The van der Waals surface area contributed by atoms with E-state index in [1.807, 2.05) is 24.3 Å². The minimum Gasteiger partial charge on any atom is -0.384 e. The number of nitrogens with zero attached hydrogens (tertiary/aromatic N) is 2. The molecule has 1 aromatic heterocycles. The molecule has 0 aliphatic heterocycles. The molecule has 3 rings (SSSR count). The van der Waals surface area contributed by atoms with Crippen molar-refractivity contribution in [1.82, 2.24) is 9.78 Å². The van der Waals surface area contributed by atoms with E-state index in [1.54, 1.807) is 18.3 Å². The molecule has 0 radical (unpaired) electrons. The van der Waals surface area contributed by atoms with E-state index in [1.165, 1.54) is 10.7 Å². The second-order valence-corrected chi connectivity index (χ2v) is 4.20. The number of nitrogens with one attached hydrogen (secondary N) is 1. The average Bonchev–Trinajstić information content (AvgIpc) is 2.82. The molecule has 94 valence electrons. The molecule has 0 fully saturated rings. The SMILES string of the molecule is N=C(N)c1ccc(-n2ncc3ccccc32)c(F)c1. The maximum atomic E-state index is 14.1. The number of hydrogen-bond donors (Lipinski definition) is 2. The van der Waals surface area contributed by atoms with Crippen molar-refractivity contribution in [2.24, 2.45) is 5.73 Å². The highest BCUT2D eigenvalue weighted by molar-refractivity contribution is 5.95. The van der Waals surface area contributed by atoms with Crippen LogP contribution in [0.3, 0.4) is 0 Å². The van der Waals surface area contributed by atoms with Gasteiger partial charge in [0.05, 0.1) is 11.7 Å². The molecule has 0 aliphatic carbocycles. The summed E-state index contributed by atoms with van der Waals surface area (Å²) < 4.78 is 15.6. The summed E-state index contributed by atoms with van der Waals surface area (Å²) in [4.78, 5) is 0. The van der Waals surface area contributed by atoms with Gasteiger partial charge >= 0.3 is 0 Å². The van der Waals surface area contributed by atoms with E-state index in [4.69, 9.17) is 11.1 Å². The van der Waals surface area contributed by atoms with Gasteiger partial charge in [-0.3, -0.25) is 5.41 Å². The number of fused-ring (bicyclic) bond motifs is 1. The highest BCUT2D eigenvalue weighted by Gasteiger charge is 2.10. The number of aromatic nitrogens is 2. The lowest BCUT2D eigenvalue weighted by Gasteiger charge is -2.06. The molecule has 2 aromatic carbocycles. The molecule has 0 atom stereocenters.